The zero-order valence-corrected chi connectivity index (χ0v) is 22.0. The predicted molar refractivity (Wildman–Crippen MR) is 149 cm³/mol. The van der Waals surface area contributed by atoms with Crippen molar-refractivity contribution in [3.05, 3.63) is 81.1 Å². The van der Waals surface area contributed by atoms with Crippen LogP contribution in [0.3, 0.4) is 0 Å². The van der Waals surface area contributed by atoms with Crippen LogP contribution in [0, 0.1) is 5.82 Å². The van der Waals surface area contributed by atoms with Crippen molar-refractivity contribution in [1.29, 1.82) is 0 Å². The van der Waals surface area contributed by atoms with Gasteiger partial charge in [0.2, 0.25) is 0 Å². The van der Waals surface area contributed by atoms with Gasteiger partial charge in [-0.05, 0) is 87.5 Å². The minimum Gasteiger partial charge on any atom is -0.339 e. The summed E-state index contributed by atoms with van der Waals surface area (Å²) in [5, 5.41) is 4.11. The number of nitrogens with zero attached hydrogens (tertiary/aromatic N) is 2. The predicted octanol–water partition coefficient (Wildman–Crippen LogP) is 4.67. The average molecular weight is 525 g/mol. The Bertz CT molecular complexity index is 1410. The van der Waals surface area contributed by atoms with Crippen molar-refractivity contribution >= 4 is 22.6 Å². The van der Waals surface area contributed by atoms with Crippen LogP contribution < -0.4 is 22.5 Å². The molecule has 0 saturated heterocycles. The molecule has 2 aromatic carbocycles. The lowest BCUT2D eigenvalue weighted by Crippen LogP contribution is -2.23. The second-order valence-electron chi connectivity index (χ2n) is 9.80. The minimum absolute atomic E-state index is 0.0617. The molecule has 7 nitrogen and oxygen atoms in total. The highest BCUT2D eigenvalue weighted by Gasteiger charge is 2.15. The van der Waals surface area contributed by atoms with E-state index in [4.69, 9.17) is 23.1 Å². The number of aryl methyl sites for hydroxylation is 1. The van der Waals surface area contributed by atoms with Crippen LogP contribution >= 0.6 is 11.6 Å². The number of rotatable bonds is 11. The summed E-state index contributed by atoms with van der Waals surface area (Å²) >= 11 is 6.21. The molecule has 196 valence electrons. The van der Waals surface area contributed by atoms with E-state index in [1.165, 1.54) is 4.57 Å². The van der Waals surface area contributed by atoms with Crippen LogP contribution in [0.2, 0.25) is 5.02 Å². The number of halogens is 2. The summed E-state index contributed by atoms with van der Waals surface area (Å²) in [6.45, 7) is 5.52. The summed E-state index contributed by atoms with van der Waals surface area (Å²) < 4.78 is 16.5. The van der Waals surface area contributed by atoms with Gasteiger partial charge in [-0.1, -0.05) is 23.7 Å². The van der Waals surface area contributed by atoms with Gasteiger partial charge in [0.05, 0.1) is 16.4 Å². The maximum Gasteiger partial charge on any atom is 0.354 e. The molecular weight excluding hydrogens is 491 g/mol. The van der Waals surface area contributed by atoms with E-state index in [9.17, 15) is 9.18 Å². The number of H-pyrrole nitrogens is 1. The molecule has 9 heteroatoms. The number of benzene rings is 2. The third-order valence-electron chi connectivity index (χ3n) is 6.33. The van der Waals surface area contributed by atoms with Crippen LogP contribution in [0.5, 0.6) is 0 Å². The molecule has 0 saturated carbocycles. The van der Waals surface area contributed by atoms with Gasteiger partial charge in [0.1, 0.15) is 5.65 Å². The molecule has 37 heavy (non-hydrogen) atoms. The van der Waals surface area contributed by atoms with Gasteiger partial charge in [-0.2, -0.15) is 4.98 Å². The summed E-state index contributed by atoms with van der Waals surface area (Å²) in [4.78, 5) is 20.1. The molecule has 6 N–H and O–H groups in total. The lowest BCUT2D eigenvalue weighted by molar-refractivity contribution is 0.589. The van der Waals surface area contributed by atoms with Gasteiger partial charge in [0, 0.05) is 35.8 Å². The highest BCUT2D eigenvalue weighted by Crippen LogP contribution is 2.31. The van der Waals surface area contributed by atoms with Crippen molar-refractivity contribution in [2.75, 3.05) is 6.54 Å². The summed E-state index contributed by atoms with van der Waals surface area (Å²) in [7, 11) is 0. The first-order valence-corrected chi connectivity index (χ1v) is 13.0. The molecule has 0 radical (unpaired) electrons. The fraction of sp³-hybridized carbons (Fsp3) is 0.357. The zero-order chi connectivity index (χ0) is 26.5. The Morgan fingerprint density at radius 3 is 2.51 bits per heavy atom. The molecule has 2 atom stereocenters. The third kappa shape index (κ3) is 6.84. The van der Waals surface area contributed by atoms with Gasteiger partial charge in [-0.3, -0.25) is 4.57 Å². The van der Waals surface area contributed by atoms with Crippen LogP contribution in [0.25, 0.3) is 28.0 Å². The van der Waals surface area contributed by atoms with Crippen molar-refractivity contribution in [2.45, 2.75) is 58.2 Å². The van der Waals surface area contributed by atoms with E-state index in [1.54, 1.807) is 24.4 Å². The molecule has 0 spiro atoms. The Kier molecular flexibility index (Phi) is 8.76. The molecule has 4 rings (SSSR count). The molecule has 0 bridgehead atoms. The van der Waals surface area contributed by atoms with Gasteiger partial charge in [-0.15, -0.1) is 0 Å². The summed E-state index contributed by atoms with van der Waals surface area (Å²) in [6, 6.07) is 13.2. The van der Waals surface area contributed by atoms with Crippen molar-refractivity contribution in [3.8, 4) is 16.9 Å². The topological polar surface area (TPSA) is 115 Å². The maximum absolute atomic E-state index is 15.0. The number of hydrogen-bond donors (Lipinski definition) is 4. The van der Waals surface area contributed by atoms with Gasteiger partial charge in [0.15, 0.2) is 5.82 Å². The average Bonchev–Trinajstić information content (AvgIpc) is 3.26. The van der Waals surface area contributed by atoms with E-state index in [2.05, 4.69) is 15.3 Å². The number of hydrogen-bond acceptors (Lipinski definition) is 5. The van der Waals surface area contributed by atoms with Crippen LogP contribution in [0.1, 0.15) is 44.2 Å². The van der Waals surface area contributed by atoms with E-state index < -0.39 is 11.5 Å². The van der Waals surface area contributed by atoms with Gasteiger partial charge in [-0.25, -0.2) is 9.18 Å². The van der Waals surface area contributed by atoms with Crippen LogP contribution in [-0.2, 0) is 13.0 Å². The van der Waals surface area contributed by atoms with Crippen LogP contribution in [0.15, 0.2) is 53.5 Å². The van der Waals surface area contributed by atoms with Crippen molar-refractivity contribution in [1.82, 2.24) is 19.9 Å². The van der Waals surface area contributed by atoms with Gasteiger partial charge >= 0.3 is 5.69 Å². The standard InChI is InChI=1S/C28H34ClFN6O/c1-17(31)4-3-5-20-12-23(26(30)24(29)13-20)25-14-21-16-36(28(37)35-27(21)34-25)22-8-6-19(7-9-22)15-33-11-10-18(2)32/h6-9,12-14,16-18,33H,3-5,10-11,15,31-32H2,1-2H3,(H,34,35,37)/t17-,18+/m0/s1. The van der Waals surface area contributed by atoms with Gasteiger partial charge < -0.3 is 21.8 Å². The highest BCUT2D eigenvalue weighted by molar-refractivity contribution is 6.31. The normalized spacial score (nSPS) is 13.2. The largest absolute Gasteiger partial charge is 0.354 e. The second kappa shape index (κ2) is 12.0. The van der Waals surface area contributed by atoms with Crippen molar-refractivity contribution < 1.29 is 4.39 Å². The first-order chi connectivity index (χ1) is 17.7. The quantitative estimate of drug-likeness (QED) is 0.213. The first kappa shape index (κ1) is 27.0. The van der Waals surface area contributed by atoms with Crippen molar-refractivity contribution in [2.24, 2.45) is 11.5 Å². The zero-order valence-electron chi connectivity index (χ0n) is 21.2. The molecule has 0 aliphatic carbocycles. The third-order valence-corrected chi connectivity index (χ3v) is 6.61. The van der Waals surface area contributed by atoms with E-state index in [0.29, 0.717) is 28.0 Å². The van der Waals surface area contributed by atoms with E-state index >= 15 is 0 Å². The molecule has 0 aliphatic heterocycles. The fourth-order valence-electron chi connectivity index (χ4n) is 4.28. The monoisotopic (exact) mass is 524 g/mol. The molecule has 0 aliphatic rings. The summed E-state index contributed by atoms with van der Waals surface area (Å²) in [5.74, 6) is -0.510. The Hall–Kier alpha value is -3.04. The molecule has 0 amide bonds. The van der Waals surface area contributed by atoms with Crippen LogP contribution in [-0.4, -0.2) is 33.2 Å². The SMILES string of the molecule is C[C@H](N)CCCc1cc(Cl)c(F)c(-c2cc3cn(-c4ccc(CNCC[C@@H](C)N)cc4)c(=O)nc3[nH]2)c1. The lowest BCUT2D eigenvalue weighted by atomic mass is 10.0. The Labute approximate surface area is 221 Å². The Morgan fingerprint density at radius 2 is 1.81 bits per heavy atom. The fourth-order valence-corrected chi connectivity index (χ4v) is 4.52. The second-order valence-corrected chi connectivity index (χ2v) is 10.2. The van der Waals surface area contributed by atoms with E-state index in [1.807, 2.05) is 38.1 Å². The lowest BCUT2D eigenvalue weighted by Gasteiger charge is -2.09. The molecule has 4 aromatic rings. The summed E-state index contributed by atoms with van der Waals surface area (Å²) in [5.41, 5.74) is 15.2. The summed E-state index contributed by atoms with van der Waals surface area (Å²) in [6.07, 6.45) is 5.13. The van der Waals surface area contributed by atoms with Crippen molar-refractivity contribution in [3.63, 3.8) is 0 Å². The van der Waals surface area contributed by atoms with E-state index in [0.717, 1.165) is 49.9 Å². The molecule has 0 unspecified atom stereocenters. The number of aromatic amines is 1. The molecule has 2 heterocycles. The van der Waals surface area contributed by atoms with Gasteiger partial charge in [0.25, 0.3) is 0 Å². The smallest absolute Gasteiger partial charge is 0.339 e. The molecular formula is C28H34ClFN6O. The van der Waals surface area contributed by atoms with Crippen LogP contribution in [0.4, 0.5) is 4.39 Å². The Balaban J connectivity index is 1.57. The first-order valence-electron chi connectivity index (χ1n) is 12.6. The number of nitrogens with two attached hydrogens (primary N) is 2. The van der Waals surface area contributed by atoms with E-state index in [-0.39, 0.29) is 17.1 Å². The minimum atomic E-state index is -0.510. The number of aromatic nitrogens is 3. The highest BCUT2D eigenvalue weighted by atomic mass is 35.5. The molecule has 0 fully saturated rings. The Morgan fingerprint density at radius 1 is 1.08 bits per heavy atom. The number of nitrogens with one attached hydrogen (secondary N) is 2. The molecule has 2 aromatic heterocycles. The maximum atomic E-state index is 15.0. The number of fused-ring (bicyclic) bond motifs is 1.